The van der Waals surface area contributed by atoms with Gasteiger partial charge in [-0.1, -0.05) is 23.5 Å². The average molecular weight is 275 g/mol. The maximum absolute atomic E-state index is 12.4. The number of carbonyl (C=O) groups excluding carboxylic acids is 1. The number of amides is 1. The number of rotatable bonds is 4. The van der Waals surface area contributed by atoms with Crippen molar-refractivity contribution in [2.24, 2.45) is 0 Å². The first-order chi connectivity index (χ1) is 9.45. The van der Waals surface area contributed by atoms with Crippen LogP contribution in [0.2, 0.25) is 0 Å². The lowest BCUT2D eigenvalue weighted by atomic mass is 10.0. The van der Waals surface area contributed by atoms with Crippen LogP contribution < -0.4 is 0 Å². The summed E-state index contributed by atoms with van der Waals surface area (Å²) in [4.78, 5) is 14.0. The number of hydrogen-bond acceptors (Lipinski definition) is 3. The van der Waals surface area contributed by atoms with Gasteiger partial charge in [0.25, 0.3) is 5.91 Å². The Kier molecular flexibility index (Phi) is 6.23. The highest BCUT2D eigenvalue weighted by Crippen LogP contribution is 2.13. The molecule has 1 aromatic carbocycles. The summed E-state index contributed by atoms with van der Waals surface area (Å²) in [7, 11) is 1.70. The second kappa shape index (κ2) is 7.68. The molecule has 4 nitrogen and oxygen atoms in total. The summed E-state index contributed by atoms with van der Waals surface area (Å²) < 4.78 is 0. The van der Waals surface area contributed by atoms with Crippen LogP contribution in [0, 0.1) is 18.8 Å². The third kappa shape index (κ3) is 4.69. The van der Waals surface area contributed by atoms with Gasteiger partial charge < -0.3 is 15.1 Å². The molecule has 0 spiro atoms. The lowest BCUT2D eigenvalue weighted by Gasteiger charge is -2.19. The van der Waals surface area contributed by atoms with Crippen LogP contribution in [0.3, 0.4) is 0 Å². The van der Waals surface area contributed by atoms with Crippen LogP contribution in [0.25, 0.3) is 0 Å². The average Bonchev–Trinajstić information content (AvgIpc) is 2.42. The van der Waals surface area contributed by atoms with Crippen molar-refractivity contribution in [1.82, 2.24) is 4.90 Å². The van der Waals surface area contributed by atoms with Crippen LogP contribution >= 0.6 is 0 Å². The van der Waals surface area contributed by atoms with Crippen molar-refractivity contribution < 1.29 is 15.0 Å². The summed E-state index contributed by atoms with van der Waals surface area (Å²) in [6.45, 7) is 3.86. The second-order valence-corrected chi connectivity index (χ2v) is 4.87. The summed E-state index contributed by atoms with van der Waals surface area (Å²) >= 11 is 0. The fraction of sp³-hybridized carbons (Fsp3) is 0.438. The summed E-state index contributed by atoms with van der Waals surface area (Å²) in [5.74, 6) is 5.23. The van der Waals surface area contributed by atoms with E-state index in [0.29, 0.717) is 24.1 Å². The van der Waals surface area contributed by atoms with Crippen molar-refractivity contribution in [2.75, 3.05) is 20.2 Å². The Hall–Kier alpha value is -1.83. The van der Waals surface area contributed by atoms with Crippen molar-refractivity contribution in [3.63, 3.8) is 0 Å². The fourth-order valence-electron chi connectivity index (χ4n) is 1.77. The van der Waals surface area contributed by atoms with Gasteiger partial charge in [0.05, 0.1) is 11.7 Å². The van der Waals surface area contributed by atoms with E-state index in [2.05, 4.69) is 11.8 Å². The monoisotopic (exact) mass is 275 g/mol. The van der Waals surface area contributed by atoms with Crippen LogP contribution in [0.5, 0.6) is 0 Å². The van der Waals surface area contributed by atoms with E-state index in [1.807, 2.05) is 13.0 Å². The first-order valence-electron chi connectivity index (χ1n) is 6.59. The van der Waals surface area contributed by atoms with Crippen molar-refractivity contribution in [3.05, 3.63) is 34.9 Å². The van der Waals surface area contributed by atoms with Crippen LogP contribution in [-0.2, 0) is 0 Å². The summed E-state index contributed by atoms with van der Waals surface area (Å²) in [6, 6.07) is 5.46. The molecular weight excluding hydrogens is 254 g/mol. The molecule has 0 bridgehead atoms. The fourth-order valence-corrected chi connectivity index (χ4v) is 1.77. The van der Waals surface area contributed by atoms with Gasteiger partial charge >= 0.3 is 0 Å². The van der Waals surface area contributed by atoms with Gasteiger partial charge in [-0.2, -0.15) is 0 Å². The number of benzene rings is 1. The molecule has 108 valence electrons. The Morgan fingerprint density at radius 1 is 1.45 bits per heavy atom. The topological polar surface area (TPSA) is 60.8 Å². The van der Waals surface area contributed by atoms with E-state index < -0.39 is 6.10 Å². The maximum Gasteiger partial charge on any atom is 0.254 e. The van der Waals surface area contributed by atoms with E-state index in [1.54, 1.807) is 31.0 Å². The summed E-state index contributed by atoms with van der Waals surface area (Å²) in [6.07, 6.45) is 0.0996. The molecule has 0 aliphatic carbocycles. The lowest BCUT2D eigenvalue weighted by Crippen LogP contribution is -2.30. The zero-order valence-electron chi connectivity index (χ0n) is 12.2. The molecule has 0 radical (unpaired) electrons. The van der Waals surface area contributed by atoms with Crippen molar-refractivity contribution >= 4 is 5.91 Å². The highest BCUT2D eigenvalue weighted by atomic mass is 16.3. The molecule has 1 amide bonds. The zero-order chi connectivity index (χ0) is 15.1. The van der Waals surface area contributed by atoms with Crippen LogP contribution in [-0.4, -0.2) is 47.3 Å². The van der Waals surface area contributed by atoms with Gasteiger partial charge in [-0.3, -0.25) is 4.79 Å². The number of aliphatic hydroxyl groups is 2. The Morgan fingerprint density at radius 3 is 2.75 bits per heavy atom. The molecule has 20 heavy (non-hydrogen) atoms. The highest BCUT2D eigenvalue weighted by molar-refractivity contribution is 5.96. The van der Waals surface area contributed by atoms with E-state index in [1.165, 1.54) is 0 Å². The van der Waals surface area contributed by atoms with Gasteiger partial charge in [0, 0.05) is 19.2 Å². The molecule has 1 rings (SSSR count). The van der Waals surface area contributed by atoms with Gasteiger partial charge in [0.1, 0.15) is 6.61 Å². The molecule has 1 atom stereocenters. The van der Waals surface area contributed by atoms with Gasteiger partial charge in [-0.15, -0.1) is 0 Å². The normalized spacial score (nSPS) is 11.4. The van der Waals surface area contributed by atoms with E-state index in [-0.39, 0.29) is 12.5 Å². The van der Waals surface area contributed by atoms with E-state index in [0.717, 1.165) is 5.56 Å². The van der Waals surface area contributed by atoms with E-state index in [4.69, 9.17) is 5.11 Å². The molecule has 0 heterocycles. The van der Waals surface area contributed by atoms with E-state index >= 15 is 0 Å². The number of aryl methyl sites for hydroxylation is 1. The zero-order valence-corrected chi connectivity index (χ0v) is 12.2. The number of hydrogen-bond donors (Lipinski definition) is 2. The number of carbonyl (C=O) groups is 1. The standard InChI is InChI=1S/C16H21NO3/c1-12-6-7-14(5-4-10-18)15(11-12)16(20)17(3)9-8-13(2)19/h6-7,11,13,18-19H,8-10H2,1-3H3. The molecule has 4 heteroatoms. The van der Waals surface area contributed by atoms with Crippen LogP contribution in [0.15, 0.2) is 18.2 Å². The SMILES string of the molecule is Cc1ccc(C#CCO)c(C(=O)N(C)CCC(C)O)c1. The minimum Gasteiger partial charge on any atom is -0.393 e. The summed E-state index contributed by atoms with van der Waals surface area (Å²) in [5, 5.41) is 18.0. The molecule has 1 unspecified atom stereocenters. The minimum atomic E-state index is -0.434. The third-order valence-corrected chi connectivity index (χ3v) is 2.94. The molecule has 0 aromatic heterocycles. The predicted molar refractivity (Wildman–Crippen MR) is 78.4 cm³/mol. The van der Waals surface area contributed by atoms with Crippen LogP contribution in [0.1, 0.15) is 34.8 Å². The van der Waals surface area contributed by atoms with Crippen LogP contribution in [0.4, 0.5) is 0 Å². The van der Waals surface area contributed by atoms with E-state index in [9.17, 15) is 9.90 Å². The van der Waals surface area contributed by atoms with Crippen molar-refractivity contribution in [2.45, 2.75) is 26.4 Å². The lowest BCUT2D eigenvalue weighted by molar-refractivity contribution is 0.0768. The third-order valence-electron chi connectivity index (χ3n) is 2.94. The van der Waals surface area contributed by atoms with Gasteiger partial charge in [0.15, 0.2) is 0 Å². The first kappa shape index (κ1) is 16.2. The van der Waals surface area contributed by atoms with Gasteiger partial charge in [0.2, 0.25) is 0 Å². The number of nitrogens with zero attached hydrogens (tertiary/aromatic N) is 1. The predicted octanol–water partition coefficient (Wildman–Crippen LogP) is 1.18. The molecule has 0 saturated heterocycles. The second-order valence-electron chi connectivity index (χ2n) is 4.87. The Morgan fingerprint density at radius 2 is 2.15 bits per heavy atom. The molecule has 0 aliphatic heterocycles. The largest absolute Gasteiger partial charge is 0.393 e. The quantitative estimate of drug-likeness (QED) is 0.811. The highest BCUT2D eigenvalue weighted by Gasteiger charge is 2.15. The first-order valence-corrected chi connectivity index (χ1v) is 6.59. The van der Waals surface area contributed by atoms with Gasteiger partial charge in [-0.25, -0.2) is 0 Å². The molecule has 0 fully saturated rings. The summed E-state index contributed by atoms with van der Waals surface area (Å²) in [5.41, 5.74) is 2.12. The Labute approximate surface area is 120 Å². The van der Waals surface area contributed by atoms with Gasteiger partial charge in [-0.05, 0) is 32.4 Å². The smallest absolute Gasteiger partial charge is 0.254 e. The molecule has 0 aliphatic rings. The molecule has 0 saturated carbocycles. The Bertz CT molecular complexity index is 526. The van der Waals surface area contributed by atoms with Crippen molar-refractivity contribution in [1.29, 1.82) is 0 Å². The Balaban J connectivity index is 2.98. The van der Waals surface area contributed by atoms with Crippen molar-refractivity contribution in [3.8, 4) is 11.8 Å². The molecular formula is C16H21NO3. The molecule has 1 aromatic rings. The number of aliphatic hydroxyl groups excluding tert-OH is 2. The molecule has 2 N–H and O–H groups in total. The maximum atomic E-state index is 12.4. The minimum absolute atomic E-state index is 0.128.